The van der Waals surface area contributed by atoms with Gasteiger partial charge in [0.25, 0.3) is 0 Å². The smallest absolute Gasteiger partial charge is 0.350 e. The van der Waals surface area contributed by atoms with E-state index in [9.17, 15) is 9.59 Å². The Morgan fingerprint density at radius 2 is 2.23 bits per heavy atom. The SMILES string of the molecule is COC(=O)c1sccc1NC(=O)/C=C/c1c(C)nn(C)c1Cl. The second-order valence-corrected chi connectivity index (χ2v) is 5.67. The zero-order valence-electron chi connectivity index (χ0n) is 12.2. The summed E-state index contributed by atoms with van der Waals surface area (Å²) in [5.41, 5.74) is 1.82. The van der Waals surface area contributed by atoms with Crippen molar-refractivity contribution in [1.82, 2.24) is 9.78 Å². The van der Waals surface area contributed by atoms with Crippen LogP contribution in [0.15, 0.2) is 17.5 Å². The molecule has 116 valence electrons. The highest BCUT2D eigenvalue weighted by Crippen LogP contribution is 2.23. The minimum absolute atomic E-state index is 0.347. The summed E-state index contributed by atoms with van der Waals surface area (Å²) in [6.45, 7) is 1.80. The number of anilines is 1. The van der Waals surface area contributed by atoms with Gasteiger partial charge in [0, 0.05) is 18.7 Å². The van der Waals surface area contributed by atoms with E-state index in [0.717, 1.165) is 5.69 Å². The second-order valence-electron chi connectivity index (χ2n) is 4.39. The first-order valence-corrected chi connectivity index (χ1v) is 7.53. The summed E-state index contributed by atoms with van der Waals surface area (Å²) < 4.78 is 6.18. The van der Waals surface area contributed by atoms with Crippen molar-refractivity contribution in [2.75, 3.05) is 12.4 Å². The Morgan fingerprint density at radius 3 is 2.82 bits per heavy atom. The number of halogens is 1. The van der Waals surface area contributed by atoms with Gasteiger partial charge in [-0.05, 0) is 24.4 Å². The highest BCUT2D eigenvalue weighted by Gasteiger charge is 2.15. The lowest BCUT2D eigenvalue weighted by atomic mass is 10.2. The van der Waals surface area contributed by atoms with Gasteiger partial charge in [-0.15, -0.1) is 11.3 Å². The number of carbonyl (C=O) groups excluding carboxylic acids is 2. The minimum atomic E-state index is -0.486. The van der Waals surface area contributed by atoms with Gasteiger partial charge in [0.1, 0.15) is 10.0 Å². The molecule has 0 unspecified atom stereocenters. The van der Waals surface area contributed by atoms with Gasteiger partial charge in [-0.2, -0.15) is 5.10 Å². The van der Waals surface area contributed by atoms with Crippen molar-refractivity contribution in [2.45, 2.75) is 6.92 Å². The molecule has 1 amide bonds. The molecule has 0 saturated carbocycles. The number of amides is 1. The summed E-state index contributed by atoms with van der Waals surface area (Å²) in [4.78, 5) is 23.8. The fourth-order valence-electron chi connectivity index (χ4n) is 1.83. The molecule has 2 aromatic heterocycles. The number of ether oxygens (including phenoxy) is 1. The average Bonchev–Trinajstić information content (AvgIpc) is 3.02. The third kappa shape index (κ3) is 3.37. The number of methoxy groups -OCH3 is 1. The van der Waals surface area contributed by atoms with Crippen LogP contribution in [0.3, 0.4) is 0 Å². The van der Waals surface area contributed by atoms with E-state index in [1.165, 1.54) is 29.2 Å². The molecule has 6 nitrogen and oxygen atoms in total. The Balaban J connectivity index is 2.12. The van der Waals surface area contributed by atoms with E-state index in [4.69, 9.17) is 11.6 Å². The molecule has 2 aromatic rings. The van der Waals surface area contributed by atoms with Gasteiger partial charge in [0.2, 0.25) is 5.91 Å². The number of nitrogens with one attached hydrogen (secondary N) is 1. The van der Waals surface area contributed by atoms with Gasteiger partial charge in [0.05, 0.1) is 18.5 Å². The summed E-state index contributed by atoms with van der Waals surface area (Å²) in [6.07, 6.45) is 2.93. The van der Waals surface area contributed by atoms with E-state index in [2.05, 4.69) is 15.2 Å². The number of hydrogen-bond donors (Lipinski definition) is 1. The van der Waals surface area contributed by atoms with Gasteiger partial charge in [0.15, 0.2) is 0 Å². The summed E-state index contributed by atoms with van der Waals surface area (Å²) in [7, 11) is 3.02. The van der Waals surface area contributed by atoms with Gasteiger partial charge < -0.3 is 10.1 Å². The van der Waals surface area contributed by atoms with Gasteiger partial charge >= 0.3 is 5.97 Å². The van der Waals surface area contributed by atoms with E-state index in [1.54, 1.807) is 31.5 Å². The number of hydrogen-bond acceptors (Lipinski definition) is 5. The first-order chi connectivity index (χ1) is 10.4. The molecule has 0 aliphatic carbocycles. The number of aryl methyl sites for hydroxylation is 2. The van der Waals surface area contributed by atoms with Crippen molar-refractivity contribution >= 4 is 46.6 Å². The third-order valence-electron chi connectivity index (χ3n) is 2.89. The van der Waals surface area contributed by atoms with Crippen LogP contribution in [0.2, 0.25) is 5.15 Å². The van der Waals surface area contributed by atoms with E-state index in [-0.39, 0.29) is 5.91 Å². The normalized spacial score (nSPS) is 10.9. The summed E-state index contributed by atoms with van der Waals surface area (Å²) >= 11 is 7.28. The molecular formula is C14H14ClN3O3S. The first-order valence-electron chi connectivity index (χ1n) is 6.28. The molecule has 0 aromatic carbocycles. The van der Waals surface area contributed by atoms with Gasteiger partial charge in [-0.25, -0.2) is 4.79 Å². The molecule has 1 N–H and O–H groups in total. The number of esters is 1. The van der Waals surface area contributed by atoms with Crippen LogP contribution < -0.4 is 5.32 Å². The lowest BCUT2D eigenvalue weighted by Gasteiger charge is -2.02. The molecule has 0 saturated heterocycles. The summed E-state index contributed by atoms with van der Waals surface area (Å²) in [5.74, 6) is -0.858. The molecule has 0 atom stereocenters. The van der Waals surface area contributed by atoms with Gasteiger partial charge in [-0.1, -0.05) is 11.6 Å². The topological polar surface area (TPSA) is 73.2 Å². The molecule has 0 fully saturated rings. The van der Waals surface area contributed by atoms with Crippen molar-refractivity contribution < 1.29 is 14.3 Å². The Hall–Kier alpha value is -2.12. The molecule has 0 spiro atoms. The molecular weight excluding hydrogens is 326 g/mol. The zero-order chi connectivity index (χ0) is 16.3. The average molecular weight is 340 g/mol. The minimum Gasteiger partial charge on any atom is -0.465 e. The fraction of sp³-hybridized carbons (Fsp3) is 0.214. The van der Waals surface area contributed by atoms with Crippen molar-refractivity contribution in [1.29, 1.82) is 0 Å². The molecule has 0 radical (unpaired) electrons. The van der Waals surface area contributed by atoms with Crippen LogP contribution in [0.5, 0.6) is 0 Å². The number of aromatic nitrogens is 2. The van der Waals surface area contributed by atoms with Crippen LogP contribution in [0, 0.1) is 6.92 Å². The Morgan fingerprint density at radius 1 is 1.50 bits per heavy atom. The lowest BCUT2D eigenvalue weighted by Crippen LogP contribution is -2.10. The zero-order valence-corrected chi connectivity index (χ0v) is 13.8. The second kappa shape index (κ2) is 6.76. The Kier molecular flexibility index (Phi) is 4.99. The van der Waals surface area contributed by atoms with E-state index < -0.39 is 5.97 Å². The summed E-state index contributed by atoms with van der Waals surface area (Å²) in [6, 6.07) is 1.64. The van der Waals surface area contributed by atoms with Crippen LogP contribution >= 0.6 is 22.9 Å². The fourth-order valence-corrected chi connectivity index (χ4v) is 2.83. The monoisotopic (exact) mass is 339 g/mol. The van der Waals surface area contributed by atoms with Crippen molar-refractivity contribution in [3.05, 3.63) is 38.8 Å². The standard InChI is InChI=1S/C14H14ClN3O3S/c1-8-9(13(15)18(2)17-8)4-5-11(19)16-10-6-7-22-12(10)14(20)21-3/h4-7H,1-3H3,(H,16,19)/b5-4+. The van der Waals surface area contributed by atoms with E-state index in [0.29, 0.717) is 21.3 Å². The maximum atomic E-state index is 12.0. The number of rotatable bonds is 4. The van der Waals surface area contributed by atoms with E-state index >= 15 is 0 Å². The molecule has 0 bridgehead atoms. The Labute approximate surface area is 136 Å². The van der Waals surface area contributed by atoms with Crippen LogP contribution in [0.4, 0.5) is 5.69 Å². The van der Waals surface area contributed by atoms with Crippen LogP contribution in [0.1, 0.15) is 20.9 Å². The quantitative estimate of drug-likeness (QED) is 0.686. The highest BCUT2D eigenvalue weighted by molar-refractivity contribution is 7.12. The predicted molar refractivity (Wildman–Crippen MR) is 86.3 cm³/mol. The molecule has 0 aliphatic heterocycles. The summed E-state index contributed by atoms with van der Waals surface area (Å²) in [5, 5.41) is 8.94. The molecule has 0 aliphatic rings. The molecule has 22 heavy (non-hydrogen) atoms. The van der Waals surface area contributed by atoms with E-state index in [1.807, 2.05) is 0 Å². The van der Waals surface area contributed by atoms with Crippen LogP contribution in [-0.2, 0) is 16.6 Å². The number of nitrogens with zero attached hydrogens (tertiary/aromatic N) is 2. The van der Waals surface area contributed by atoms with Crippen molar-refractivity contribution in [2.24, 2.45) is 7.05 Å². The van der Waals surface area contributed by atoms with Gasteiger partial charge in [-0.3, -0.25) is 9.48 Å². The molecule has 2 rings (SSSR count). The number of carbonyl (C=O) groups is 2. The maximum Gasteiger partial charge on any atom is 0.350 e. The molecule has 2 heterocycles. The Bertz CT molecular complexity index is 749. The maximum absolute atomic E-state index is 12.0. The highest BCUT2D eigenvalue weighted by atomic mass is 35.5. The number of thiophene rings is 1. The van der Waals surface area contributed by atoms with Crippen molar-refractivity contribution in [3.63, 3.8) is 0 Å². The van der Waals surface area contributed by atoms with Crippen molar-refractivity contribution in [3.8, 4) is 0 Å². The predicted octanol–water partition coefficient (Wildman–Crippen LogP) is 2.88. The van der Waals surface area contributed by atoms with Crippen LogP contribution in [-0.4, -0.2) is 28.8 Å². The molecule has 8 heteroatoms. The van der Waals surface area contributed by atoms with Crippen LogP contribution in [0.25, 0.3) is 6.08 Å². The lowest BCUT2D eigenvalue weighted by molar-refractivity contribution is -0.111. The largest absolute Gasteiger partial charge is 0.465 e. The third-order valence-corrected chi connectivity index (χ3v) is 4.23. The first kappa shape index (κ1) is 16.3.